The van der Waals surface area contributed by atoms with E-state index < -0.39 is 24.5 Å². The molecule has 6 heteroatoms. The van der Waals surface area contributed by atoms with E-state index in [0.717, 1.165) is 5.56 Å². The van der Waals surface area contributed by atoms with E-state index in [2.05, 4.69) is 57.0 Å². The first-order valence-corrected chi connectivity index (χ1v) is 16.4. The van der Waals surface area contributed by atoms with Crippen LogP contribution in [0.15, 0.2) is 30.8 Å². The molecule has 0 fully saturated rings. The minimum Gasteiger partial charge on any atom is -0.433 e. The Morgan fingerprint density at radius 1 is 0.950 bits per heavy atom. The summed E-state index contributed by atoms with van der Waals surface area (Å²) in [5.74, 6) is 0. The van der Waals surface area contributed by atoms with Crippen LogP contribution < -0.4 is 5.19 Å². The predicted molar refractivity (Wildman–Crippen MR) is 96.6 cm³/mol. The van der Waals surface area contributed by atoms with Crippen molar-refractivity contribution in [2.24, 2.45) is 0 Å². The zero-order valence-electron chi connectivity index (χ0n) is 13.3. The standard InChI is InChI=1S/C14H25ClO2Si3/c1-8-13-9-11-14(12-10-13)18(2,3)16-20(6,7)17-19(4,5)15/h8-12H,1H2,2-7H3. The van der Waals surface area contributed by atoms with Crippen LogP contribution in [0.3, 0.4) is 0 Å². The van der Waals surface area contributed by atoms with Gasteiger partial charge in [0.2, 0.25) is 8.32 Å². The van der Waals surface area contributed by atoms with E-state index in [-0.39, 0.29) is 0 Å². The summed E-state index contributed by atoms with van der Waals surface area (Å²) in [6.07, 6.45) is 1.85. The third kappa shape index (κ3) is 5.67. The molecule has 0 saturated carbocycles. The molecule has 0 atom stereocenters. The summed E-state index contributed by atoms with van der Waals surface area (Å²) in [5.41, 5.74) is 1.13. The lowest BCUT2D eigenvalue weighted by atomic mass is 10.2. The van der Waals surface area contributed by atoms with Gasteiger partial charge in [0.1, 0.15) is 0 Å². The maximum Gasteiger partial charge on any atom is 0.312 e. The Balaban J connectivity index is 2.89. The average molecular weight is 345 g/mol. The molecule has 0 N–H and O–H groups in total. The van der Waals surface area contributed by atoms with Crippen molar-refractivity contribution in [2.75, 3.05) is 0 Å². The van der Waals surface area contributed by atoms with Crippen molar-refractivity contribution in [3.8, 4) is 0 Å². The molecule has 112 valence electrons. The molecule has 0 saturated heterocycles. The number of benzene rings is 1. The van der Waals surface area contributed by atoms with Gasteiger partial charge < -0.3 is 8.23 Å². The second-order valence-electron chi connectivity index (χ2n) is 6.30. The molecule has 0 spiro atoms. The van der Waals surface area contributed by atoms with E-state index in [1.807, 2.05) is 19.2 Å². The average Bonchev–Trinajstić information content (AvgIpc) is 2.24. The normalized spacial score (nSPS) is 13.3. The highest BCUT2D eigenvalue weighted by Crippen LogP contribution is 2.22. The molecule has 0 amide bonds. The summed E-state index contributed by atoms with van der Waals surface area (Å²) in [6.45, 7) is 16.3. The van der Waals surface area contributed by atoms with Gasteiger partial charge in [0.15, 0.2) is 0 Å². The summed E-state index contributed by atoms with van der Waals surface area (Å²) >= 11 is 6.31. The number of hydrogen-bond acceptors (Lipinski definition) is 2. The van der Waals surface area contributed by atoms with Crippen molar-refractivity contribution in [1.29, 1.82) is 0 Å². The van der Waals surface area contributed by atoms with Gasteiger partial charge in [-0.2, -0.15) is 0 Å². The molecule has 0 heterocycles. The summed E-state index contributed by atoms with van der Waals surface area (Å²) in [5, 5.41) is 1.27. The Morgan fingerprint density at radius 3 is 1.85 bits per heavy atom. The molecule has 20 heavy (non-hydrogen) atoms. The first-order chi connectivity index (χ1) is 8.95. The van der Waals surface area contributed by atoms with Gasteiger partial charge in [0.25, 0.3) is 7.63 Å². The molecule has 0 aliphatic carbocycles. The highest BCUT2D eigenvalue weighted by molar-refractivity contribution is 7.17. The maximum absolute atomic E-state index is 6.44. The van der Waals surface area contributed by atoms with Crippen LogP contribution in [0.4, 0.5) is 0 Å². The first-order valence-electron chi connectivity index (χ1n) is 6.77. The molecule has 0 aliphatic rings. The lowest BCUT2D eigenvalue weighted by molar-refractivity contribution is 0.404. The van der Waals surface area contributed by atoms with Gasteiger partial charge in [-0.3, -0.25) is 0 Å². The summed E-state index contributed by atoms with van der Waals surface area (Å²) in [6, 6.07) is 8.43. The third-order valence-electron chi connectivity index (χ3n) is 2.83. The quantitative estimate of drug-likeness (QED) is 0.562. The zero-order valence-corrected chi connectivity index (χ0v) is 17.0. The minimum atomic E-state index is -2.21. The fourth-order valence-electron chi connectivity index (χ4n) is 2.30. The van der Waals surface area contributed by atoms with Crippen molar-refractivity contribution < 1.29 is 8.23 Å². The van der Waals surface area contributed by atoms with Crippen LogP contribution in [-0.2, 0) is 8.23 Å². The summed E-state index contributed by atoms with van der Waals surface area (Å²) in [4.78, 5) is 0. The largest absolute Gasteiger partial charge is 0.433 e. The highest BCUT2D eigenvalue weighted by atomic mass is 35.6. The molecule has 0 unspecified atom stereocenters. The topological polar surface area (TPSA) is 18.5 Å². The molecule has 1 rings (SSSR count). The van der Waals surface area contributed by atoms with E-state index in [0.29, 0.717) is 0 Å². The van der Waals surface area contributed by atoms with Crippen LogP contribution >= 0.6 is 11.1 Å². The van der Waals surface area contributed by atoms with Crippen molar-refractivity contribution >= 4 is 46.8 Å². The Labute approximate surface area is 131 Å². The van der Waals surface area contributed by atoms with Crippen LogP contribution in [0.2, 0.25) is 39.3 Å². The molecule has 2 nitrogen and oxygen atoms in total. The van der Waals surface area contributed by atoms with Gasteiger partial charge in [-0.1, -0.05) is 36.9 Å². The van der Waals surface area contributed by atoms with E-state index in [9.17, 15) is 0 Å². The fraction of sp³-hybridized carbons (Fsp3) is 0.429. The zero-order chi connectivity index (χ0) is 15.6. The highest BCUT2D eigenvalue weighted by Gasteiger charge is 2.39. The lowest BCUT2D eigenvalue weighted by Crippen LogP contribution is -2.56. The molecule has 1 aromatic rings. The van der Waals surface area contributed by atoms with E-state index in [4.69, 9.17) is 19.3 Å². The second-order valence-corrected chi connectivity index (χ2v) is 19.8. The monoisotopic (exact) mass is 344 g/mol. The Morgan fingerprint density at radius 2 is 1.45 bits per heavy atom. The van der Waals surface area contributed by atoms with Crippen LogP contribution in [0, 0.1) is 0 Å². The van der Waals surface area contributed by atoms with Gasteiger partial charge >= 0.3 is 8.56 Å². The molecule has 1 aromatic carbocycles. The molecule has 0 radical (unpaired) electrons. The molecule has 0 aromatic heterocycles. The van der Waals surface area contributed by atoms with Gasteiger partial charge in [-0.05, 0) is 50.0 Å². The van der Waals surface area contributed by atoms with Crippen LogP contribution in [0.25, 0.3) is 6.08 Å². The molecular formula is C14H25ClO2Si3. The van der Waals surface area contributed by atoms with Gasteiger partial charge in [-0.15, -0.1) is 11.1 Å². The summed E-state index contributed by atoms with van der Waals surface area (Å²) < 4.78 is 12.5. The van der Waals surface area contributed by atoms with Crippen molar-refractivity contribution in [3.05, 3.63) is 36.4 Å². The SMILES string of the molecule is C=Cc1ccc([Si](C)(C)O[Si](C)(C)O[Si](C)(C)Cl)cc1. The van der Waals surface area contributed by atoms with E-state index >= 15 is 0 Å². The number of halogens is 1. The molecule has 0 aliphatic heterocycles. The molecular weight excluding hydrogens is 320 g/mol. The summed E-state index contributed by atoms with van der Waals surface area (Å²) in [7, 11) is -6.28. The lowest BCUT2D eigenvalue weighted by Gasteiger charge is -2.36. The Kier molecular flexibility index (Phi) is 5.62. The van der Waals surface area contributed by atoms with Gasteiger partial charge in [0, 0.05) is 0 Å². The maximum atomic E-state index is 6.44. The third-order valence-corrected chi connectivity index (χ3v) is 13.2. The second kappa shape index (κ2) is 6.29. The van der Waals surface area contributed by atoms with Crippen molar-refractivity contribution in [1.82, 2.24) is 0 Å². The minimum absolute atomic E-state index is 1.13. The number of hydrogen-bond donors (Lipinski definition) is 0. The fourth-order valence-corrected chi connectivity index (χ4v) is 15.5. The number of rotatable bonds is 6. The Hall–Kier alpha value is -0.179. The van der Waals surface area contributed by atoms with Crippen LogP contribution in [-0.4, -0.2) is 24.5 Å². The van der Waals surface area contributed by atoms with Crippen LogP contribution in [0.5, 0.6) is 0 Å². The smallest absolute Gasteiger partial charge is 0.312 e. The first kappa shape index (κ1) is 17.9. The van der Waals surface area contributed by atoms with Crippen molar-refractivity contribution in [3.63, 3.8) is 0 Å². The van der Waals surface area contributed by atoms with Gasteiger partial charge in [0.05, 0.1) is 0 Å². The Bertz CT molecular complexity index is 464. The van der Waals surface area contributed by atoms with E-state index in [1.165, 1.54) is 5.19 Å². The van der Waals surface area contributed by atoms with Crippen molar-refractivity contribution in [2.45, 2.75) is 39.3 Å². The van der Waals surface area contributed by atoms with Gasteiger partial charge in [-0.25, -0.2) is 0 Å². The molecule has 0 bridgehead atoms. The van der Waals surface area contributed by atoms with E-state index in [1.54, 1.807) is 0 Å². The van der Waals surface area contributed by atoms with Crippen LogP contribution in [0.1, 0.15) is 5.56 Å². The predicted octanol–water partition coefficient (Wildman–Crippen LogP) is 4.42.